The van der Waals surface area contributed by atoms with Gasteiger partial charge in [-0.15, -0.1) is 0 Å². The summed E-state index contributed by atoms with van der Waals surface area (Å²) >= 11 is 0. The quantitative estimate of drug-likeness (QED) is 0.418. The molecule has 2 aromatic carbocycles. The van der Waals surface area contributed by atoms with Crippen LogP contribution < -0.4 is 10.2 Å². The Hall–Kier alpha value is -3.94. The fourth-order valence-corrected chi connectivity index (χ4v) is 5.92. The van der Waals surface area contributed by atoms with Crippen molar-refractivity contribution in [2.45, 2.75) is 51.7 Å². The summed E-state index contributed by atoms with van der Waals surface area (Å²) in [6, 6.07) is 18.4. The molecule has 190 valence electrons. The lowest BCUT2D eigenvalue weighted by molar-refractivity contribution is 0.0428. The van der Waals surface area contributed by atoms with Gasteiger partial charge in [0.15, 0.2) is 5.65 Å². The van der Waals surface area contributed by atoms with Gasteiger partial charge in [0.05, 0.1) is 23.3 Å². The van der Waals surface area contributed by atoms with Crippen LogP contribution in [0.4, 0.5) is 10.6 Å². The molecular weight excluding hydrogens is 464 g/mol. The molecule has 2 aliphatic rings. The SMILES string of the molecule is CC(C)(C)OC(=O)NC1c2ccccc2CC12CCN(c1ncnc3c1cnn3-c1ccccc1)CC2. The zero-order valence-corrected chi connectivity index (χ0v) is 21.5. The second-order valence-electron chi connectivity index (χ2n) is 11.1. The number of carbonyl (C=O) groups excluding carboxylic acids is 1. The number of alkyl carbamates (subject to hydrolysis) is 1. The Labute approximate surface area is 216 Å². The topological polar surface area (TPSA) is 85.2 Å². The summed E-state index contributed by atoms with van der Waals surface area (Å²) in [4.78, 5) is 24.4. The van der Waals surface area contributed by atoms with Gasteiger partial charge in [-0.25, -0.2) is 19.4 Å². The molecule has 8 heteroatoms. The van der Waals surface area contributed by atoms with Crippen molar-refractivity contribution in [2.24, 2.45) is 5.41 Å². The first-order valence-electron chi connectivity index (χ1n) is 12.9. The molecule has 1 amide bonds. The van der Waals surface area contributed by atoms with Crippen molar-refractivity contribution in [1.82, 2.24) is 25.1 Å². The van der Waals surface area contributed by atoms with Crippen LogP contribution in [0.5, 0.6) is 0 Å². The number of nitrogens with one attached hydrogen (secondary N) is 1. The summed E-state index contributed by atoms with van der Waals surface area (Å²) in [5, 5.41) is 8.80. The summed E-state index contributed by atoms with van der Waals surface area (Å²) in [6.07, 6.45) is 5.94. The minimum Gasteiger partial charge on any atom is -0.444 e. The number of para-hydroxylation sites is 1. The Morgan fingerprint density at radius 3 is 2.51 bits per heavy atom. The molecule has 3 heterocycles. The molecule has 4 aromatic rings. The third-order valence-electron chi connectivity index (χ3n) is 7.59. The first-order valence-corrected chi connectivity index (χ1v) is 12.9. The number of anilines is 1. The molecule has 1 aliphatic heterocycles. The van der Waals surface area contributed by atoms with E-state index < -0.39 is 5.60 Å². The van der Waals surface area contributed by atoms with Gasteiger partial charge in [0, 0.05) is 18.5 Å². The van der Waals surface area contributed by atoms with Gasteiger partial charge in [0.2, 0.25) is 0 Å². The number of nitrogens with zero attached hydrogens (tertiary/aromatic N) is 5. The van der Waals surface area contributed by atoms with Gasteiger partial charge in [-0.05, 0) is 63.3 Å². The lowest BCUT2D eigenvalue weighted by Crippen LogP contribution is -2.48. The van der Waals surface area contributed by atoms with Crippen LogP contribution in [-0.4, -0.2) is 44.5 Å². The van der Waals surface area contributed by atoms with Gasteiger partial charge in [-0.1, -0.05) is 42.5 Å². The molecular formula is C29H32N6O2. The minimum absolute atomic E-state index is 0.0581. The molecule has 8 nitrogen and oxygen atoms in total. The maximum absolute atomic E-state index is 12.8. The van der Waals surface area contributed by atoms with Crippen molar-refractivity contribution in [2.75, 3.05) is 18.0 Å². The van der Waals surface area contributed by atoms with Crippen LogP contribution in [-0.2, 0) is 11.2 Å². The van der Waals surface area contributed by atoms with Crippen LogP contribution in [0.2, 0.25) is 0 Å². The molecule has 0 saturated carbocycles. The van der Waals surface area contributed by atoms with Crippen molar-refractivity contribution in [3.63, 3.8) is 0 Å². The average molecular weight is 497 g/mol. The molecule has 1 spiro atoms. The Kier molecular flexibility index (Phi) is 5.62. The molecule has 0 bridgehead atoms. The van der Waals surface area contributed by atoms with Gasteiger partial charge in [0.1, 0.15) is 17.7 Å². The number of aromatic nitrogens is 4. The predicted octanol–water partition coefficient (Wildman–Crippen LogP) is 5.22. The van der Waals surface area contributed by atoms with Gasteiger partial charge in [-0.3, -0.25) is 0 Å². The van der Waals surface area contributed by atoms with Crippen molar-refractivity contribution in [1.29, 1.82) is 0 Å². The van der Waals surface area contributed by atoms with E-state index in [1.54, 1.807) is 6.33 Å². The van der Waals surface area contributed by atoms with E-state index in [1.165, 1.54) is 11.1 Å². The third-order valence-corrected chi connectivity index (χ3v) is 7.59. The van der Waals surface area contributed by atoms with Gasteiger partial charge in [0.25, 0.3) is 0 Å². The number of benzene rings is 2. The van der Waals surface area contributed by atoms with Crippen molar-refractivity contribution in [3.05, 3.63) is 78.2 Å². The van der Waals surface area contributed by atoms with E-state index in [0.29, 0.717) is 0 Å². The fraction of sp³-hybridized carbons (Fsp3) is 0.379. The zero-order chi connectivity index (χ0) is 25.6. The summed E-state index contributed by atoms with van der Waals surface area (Å²) in [7, 11) is 0. The highest BCUT2D eigenvalue weighted by Crippen LogP contribution is 2.52. The molecule has 1 atom stereocenters. The van der Waals surface area contributed by atoms with Crippen LogP contribution in [0.15, 0.2) is 67.1 Å². The smallest absolute Gasteiger partial charge is 0.408 e. The predicted molar refractivity (Wildman–Crippen MR) is 143 cm³/mol. The highest BCUT2D eigenvalue weighted by Gasteiger charge is 2.49. The number of hydrogen-bond acceptors (Lipinski definition) is 6. The van der Waals surface area contributed by atoms with Crippen LogP contribution in [0.1, 0.15) is 50.8 Å². The van der Waals surface area contributed by atoms with Crippen LogP contribution in [0.25, 0.3) is 16.7 Å². The van der Waals surface area contributed by atoms with Crippen molar-refractivity contribution >= 4 is 22.9 Å². The second-order valence-corrected chi connectivity index (χ2v) is 11.1. The standard InChI is InChI=1S/C29H32N6O2/c1-28(2,3)37-27(36)33-24-22-12-8-7-9-20(22)17-29(24)13-15-34(16-14-29)25-23-18-32-35(26(23)31-19-30-25)21-10-5-4-6-11-21/h4-12,18-19,24H,13-17H2,1-3H3,(H,33,36). The van der Waals surface area contributed by atoms with Crippen LogP contribution in [0, 0.1) is 5.41 Å². The fourth-order valence-electron chi connectivity index (χ4n) is 5.92. The molecule has 1 N–H and O–H groups in total. The number of fused-ring (bicyclic) bond motifs is 2. The second kappa shape index (κ2) is 8.87. The van der Waals surface area contributed by atoms with Crippen molar-refractivity contribution < 1.29 is 9.53 Å². The average Bonchev–Trinajstić information content (AvgIpc) is 3.44. The van der Waals surface area contributed by atoms with Crippen LogP contribution in [0.3, 0.4) is 0 Å². The van der Waals surface area contributed by atoms with E-state index in [4.69, 9.17) is 4.74 Å². The maximum Gasteiger partial charge on any atom is 0.408 e. The summed E-state index contributed by atoms with van der Waals surface area (Å²) in [5.74, 6) is 0.911. The molecule has 37 heavy (non-hydrogen) atoms. The highest BCUT2D eigenvalue weighted by molar-refractivity contribution is 5.87. The summed E-state index contributed by atoms with van der Waals surface area (Å²) in [5.41, 5.74) is 3.69. The van der Waals surface area contributed by atoms with Gasteiger partial charge >= 0.3 is 6.09 Å². The number of amides is 1. The van der Waals surface area contributed by atoms with E-state index in [0.717, 1.165) is 54.9 Å². The van der Waals surface area contributed by atoms with Gasteiger partial charge < -0.3 is 15.0 Å². The number of rotatable bonds is 3. The molecule has 1 saturated heterocycles. The normalized spacial score (nSPS) is 18.7. The highest BCUT2D eigenvalue weighted by atomic mass is 16.6. The van der Waals surface area contributed by atoms with Crippen molar-refractivity contribution in [3.8, 4) is 5.69 Å². The Morgan fingerprint density at radius 1 is 1.03 bits per heavy atom. The summed E-state index contributed by atoms with van der Waals surface area (Å²) in [6.45, 7) is 7.36. The molecule has 6 rings (SSSR count). The molecule has 2 aromatic heterocycles. The van der Waals surface area contributed by atoms with E-state index in [-0.39, 0.29) is 17.6 Å². The summed E-state index contributed by atoms with van der Waals surface area (Å²) < 4.78 is 7.50. The Balaban J connectivity index is 1.26. The first-order chi connectivity index (χ1) is 17.8. The number of piperidine rings is 1. The van der Waals surface area contributed by atoms with Gasteiger partial charge in [-0.2, -0.15) is 5.10 Å². The first kappa shape index (κ1) is 23.5. The number of carbonyl (C=O) groups is 1. The van der Waals surface area contributed by atoms with E-state index in [1.807, 2.05) is 62.0 Å². The largest absolute Gasteiger partial charge is 0.444 e. The van der Waals surface area contributed by atoms with E-state index >= 15 is 0 Å². The third kappa shape index (κ3) is 4.30. The maximum atomic E-state index is 12.8. The van der Waals surface area contributed by atoms with Crippen LogP contribution >= 0.6 is 0 Å². The Morgan fingerprint density at radius 2 is 1.76 bits per heavy atom. The number of hydrogen-bond donors (Lipinski definition) is 1. The molecule has 0 radical (unpaired) electrons. The Bertz CT molecular complexity index is 1430. The van der Waals surface area contributed by atoms with E-state index in [2.05, 4.69) is 49.5 Å². The molecule has 1 aliphatic carbocycles. The lowest BCUT2D eigenvalue weighted by atomic mass is 9.72. The monoisotopic (exact) mass is 496 g/mol. The van der Waals surface area contributed by atoms with E-state index in [9.17, 15) is 4.79 Å². The zero-order valence-electron chi connectivity index (χ0n) is 21.5. The molecule has 1 fully saturated rings. The minimum atomic E-state index is -0.540. The molecule has 1 unspecified atom stereocenters. The lowest BCUT2D eigenvalue weighted by Gasteiger charge is -2.44. The number of ether oxygens (including phenoxy) is 1.